The first kappa shape index (κ1) is 15.8. The SMILES string of the molecule is CC(N)C(=O)N1[C@@H](C(C)C#N)CC[C@H]1c1cccc(Cl)c1. The minimum absolute atomic E-state index is 0.0528. The minimum Gasteiger partial charge on any atom is -0.330 e. The quantitative estimate of drug-likeness (QED) is 0.933. The molecule has 112 valence electrons. The highest BCUT2D eigenvalue weighted by atomic mass is 35.5. The Bertz CT molecular complexity index is 567. The number of halogens is 1. The molecule has 4 atom stereocenters. The monoisotopic (exact) mass is 305 g/mol. The molecule has 1 aromatic carbocycles. The molecule has 0 saturated carbocycles. The first-order valence-electron chi connectivity index (χ1n) is 7.18. The second-order valence-electron chi connectivity index (χ2n) is 5.67. The summed E-state index contributed by atoms with van der Waals surface area (Å²) in [6.45, 7) is 3.54. The van der Waals surface area contributed by atoms with Crippen molar-refractivity contribution in [2.24, 2.45) is 11.7 Å². The molecule has 4 nitrogen and oxygen atoms in total. The second-order valence-corrected chi connectivity index (χ2v) is 6.10. The summed E-state index contributed by atoms with van der Waals surface area (Å²) in [6.07, 6.45) is 1.64. The largest absolute Gasteiger partial charge is 0.330 e. The Kier molecular flexibility index (Phi) is 4.87. The van der Waals surface area contributed by atoms with Crippen LogP contribution in [-0.4, -0.2) is 22.9 Å². The van der Waals surface area contributed by atoms with Crippen LogP contribution in [0.15, 0.2) is 24.3 Å². The van der Waals surface area contributed by atoms with Crippen LogP contribution in [0.4, 0.5) is 0 Å². The molecular weight excluding hydrogens is 286 g/mol. The lowest BCUT2D eigenvalue weighted by molar-refractivity contribution is -0.135. The molecule has 2 unspecified atom stereocenters. The maximum absolute atomic E-state index is 12.5. The van der Waals surface area contributed by atoms with Crippen molar-refractivity contribution in [2.45, 2.75) is 44.8 Å². The van der Waals surface area contributed by atoms with Crippen molar-refractivity contribution in [2.75, 3.05) is 0 Å². The third-order valence-electron chi connectivity index (χ3n) is 4.09. The normalized spacial score (nSPS) is 24.4. The molecule has 2 N–H and O–H groups in total. The van der Waals surface area contributed by atoms with E-state index in [-0.39, 0.29) is 23.9 Å². The zero-order valence-electron chi connectivity index (χ0n) is 12.3. The second kappa shape index (κ2) is 6.46. The molecule has 1 aliphatic rings. The smallest absolute Gasteiger partial charge is 0.240 e. The fourth-order valence-electron chi connectivity index (χ4n) is 3.01. The molecule has 21 heavy (non-hydrogen) atoms. The van der Waals surface area contributed by atoms with E-state index in [0.29, 0.717) is 5.02 Å². The molecule has 0 spiro atoms. The number of carbonyl (C=O) groups is 1. The van der Waals surface area contributed by atoms with Crippen molar-refractivity contribution in [3.05, 3.63) is 34.9 Å². The van der Waals surface area contributed by atoms with Crippen LogP contribution in [0.25, 0.3) is 0 Å². The molecule has 1 aromatic rings. The Morgan fingerprint density at radius 2 is 2.19 bits per heavy atom. The van der Waals surface area contributed by atoms with Crippen LogP contribution in [0.1, 0.15) is 38.3 Å². The van der Waals surface area contributed by atoms with E-state index in [9.17, 15) is 10.1 Å². The average Bonchev–Trinajstić information content (AvgIpc) is 2.90. The number of carbonyl (C=O) groups excluding carboxylic acids is 1. The molecular formula is C16H20ClN3O. The summed E-state index contributed by atoms with van der Waals surface area (Å²) in [5.41, 5.74) is 6.79. The maximum atomic E-state index is 12.5. The zero-order chi connectivity index (χ0) is 15.6. The van der Waals surface area contributed by atoms with Crippen molar-refractivity contribution in [3.63, 3.8) is 0 Å². The lowest BCUT2D eigenvalue weighted by atomic mass is 10.0. The Balaban J connectivity index is 2.37. The van der Waals surface area contributed by atoms with E-state index in [0.717, 1.165) is 18.4 Å². The standard InChI is InChI=1S/C16H20ClN3O/c1-10(9-18)14-6-7-15(20(14)16(21)11(2)19)12-4-3-5-13(17)8-12/h3-5,8,10-11,14-15H,6-7,19H2,1-2H3/t10?,11?,14-,15+/m1/s1. The van der Waals surface area contributed by atoms with Crippen LogP contribution in [0.2, 0.25) is 5.02 Å². The first-order valence-corrected chi connectivity index (χ1v) is 7.56. The van der Waals surface area contributed by atoms with Gasteiger partial charge in [0.05, 0.1) is 24.1 Å². The molecule has 0 aliphatic carbocycles. The topological polar surface area (TPSA) is 70.1 Å². The minimum atomic E-state index is -0.571. The summed E-state index contributed by atoms with van der Waals surface area (Å²) in [5.74, 6) is -0.318. The highest BCUT2D eigenvalue weighted by Gasteiger charge is 2.41. The molecule has 0 bridgehead atoms. The van der Waals surface area contributed by atoms with Gasteiger partial charge in [0.25, 0.3) is 0 Å². The molecule has 1 amide bonds. The number of nitriles is 1. The van der Waals surface area contributed by atoms with E-state index in [2.05, 4.69) is 6.07 Å². The van der Waals surface area contributed by atoms with Crippen LogP contribution < -0.4 is 5.73 Å². The molecule has 0 aromatic heterocycles. The van der Waals surface area contributed by atoms with Crippen LogP contribution >= 0.6 is 11.6 Å². The van der Waals surface area contributed by atoms with Gasteiger partial charge in [-0.1, -0.05) is 23.7 Å². The Morgan fingerprint density at radius 3 is 2.76 bits per heavy atom. The summed E-state index contributed by atoms with van der Waals surface area (Å²) in [6, 6.07) is 9.09. The predicted molar refractivity (Wildman–Crippen MR) is 82.5 cm³/mol. The lowest BCUT2D eigenvalue weighted by Crippen LogP contribution is -2.47. The van der Waals surface area contributed by atoms with Gasteiger partial charge in [-0.2, -0.15) is 5.26 Å². The van der Waals surface area contributed by atoms with E-state index in [4.69, 9.17) is 17.3 Å². The Hall–Kier alpha value is -1.57. The van der Waals surface area contributed by atoms with E-state index in [1.165, 1.54) is 0 Å². The number of nitrogens with zero attached hydrogens (tertiary/aromatic N) is 2. The van der Waals surface area contributed by atoms with Crippen molar-refractivity contribution in [1.82, 2.24) is 4.90 Å². The van der Waals surface area contributed by atoms with Gasteiger partial charge < -0.3 is 10.6 Å². The van der Waals surface area contributed by atoms with Gasteiger partial charge in [-0.15, -0.1) is 0 Å². The number of amides is 1. The zero-order valence-corrected chi connectivity index (χ0v) is 13.0. The van der Waals surface area contributed by atoms with Gasteiger partial charge in [-0.3, -0.25) is 4.79 Å². The third kappa shape index (κ3) is 3.20. The van der Waals surface area contributed by atoms with Gasteiger partial charge in [0.2, 0.25) is 5.91 Å². The van der Waals surface area contributed by atoms with E-state index in [1.54, 1.807) is 11.8 Å². The summed E-state index contributed by atoms with van der Waals surface area (Å²) in [7, 11) is 0. The summed E-state index contributed by atoms with van der Waals surface area (Å²) < 4.78 is 0. The van der Waals surface area contributed by atoms with Crippen LogP contribution in [-0.2, 0) is 4.79 Å². The Morgan fingerprint density at radius 1 is 1.48 bits per heavy atom. The van der Waals surface area contributed by atoms with Crippen molar-refractivity contribution in [3.8, 4) is 6.07 Å². The molecule has 1 heterocycles. The lowest BCUT2D eigenvalue weighted by Gasteiger charge is -2.33. The van der Waals surface area contributed by atoms with Crippen molar-refractivity contribution < 1.29 is 4.79 Å². The van der Waals surface area contributed by atoms with E-state index in [1.807, 2.05) is 31.2 Å². The van der Waals surface area contributed by atoms with Gasteiger partial charge >= 0.3 is 0 Å². The predicted octanol–water partition coefficient (Wildman–Crippen LogP) is 2.88. The molecule has 5 heteroatoms. The number of hydrogen-bond acceptors (Lipinski definition) is 3. The number of rotatable bonds is 3. The van der Waals surface area contributed by atoms with E-state index >= 15 is 0 Å². The third-order valence-corrected chi connectivity index (χ3v) is 4.32. The van der Waals surface area contributed by atoms with Crippen molar-refractivity contribution >= 4 is 17.5 Å². The molecule has 0 radical (unpaired) electrons. The average molecular weight is 306 g/mol. The fourth-order valence-corrected chi connectivity index (χ4v) is 3.21. The Labute approximate surface area is 130 Å². The van der Waals surface area contributed by atoms with Gasteiger partial charge in [0.15, 0.2) is 0 Å². The van der Waals surface area contributed by atoms with Gasteiger partial charge in [0.1, 0.15) is 0 Å². The highest BCUT2D eigenvalue weighted by Crippen LogP contribution is 2.39. The van der Waals surface area contributed by atoms with Crippen LogP contribution in [0.5, 0.6) is 0 Å². The van der Waals surface area contributed by atoms with E-state index < -0.39 is 6.04 Å². The molecule has 1 fully saturated rings. The number of likely N-dealkylation sites (tertiary alicyclic amines) is 1. The summed E-state index contributed by atoms with van der Waals surface area (Å²) in [4.78, 5) is 14.3. The van der Waals surface area contributed by atoms with Crippen LogP contribution in [0, 0.1) is 17.2 Å². The van der Waals surface area contributed by atoms with Gasteiger partial charge in [0, 0.05) is 11.1 Å². The number of hydrogen-bond donors (Lipinski definition) is 1. The fraction of sp³-hybridized carbons (Fsp3) is 0.500. The maximum Gasteiger partial charge on any atom is 0.240 e. The molecule has 2 rings (SSSR count). The van der Waals surface area contributed by atoms with Gasteiger partial charge in [-0.05, 0) is 44.4 Å². The first-order chi connectivity index (χ1) is 9.95. The van der Waals surface area contributed by atoms with Crippen molar-refractivity contribution in [1.29, 1.82) is 5.26 Å². The number of nitrogens with two attached hydrogens (primary N) is 1. The summed E-state index contributed by atoms with van der Waals surface area (Å²) in [5, 5.41) is 9.84. The molecule has 1 saturated heterocycles. The molecule has 1 aliphatic heterocycles. The summed E-state index contributed by atoms with van der Waals surface area (Å²) >= 11 is 6.06. The van der Waals surface area contributed by atoms with Gasteiger partial charge in [-0.25, -0.2) is 0 Å². The van der Waals surface area contributed by atoms with Crippen LogP contribution in [0.3, 0.4) is 0 Å². The highest BCUT2D eigenvalue weighted by molar-refractivity contribution is 6.30. The number of benzene rings is 1.